The zero-order chi connectivity index (χ0) is 25.7. The van der Waals surface area contributed by atoms with Gasteiger partial charge in [-0.25, -0.2) is 4.21 Å². The summed E-state index contributed by atoms with van der Waals surface area (Å²) in [6.45, 7) is 0. The number of hydrogen-bond donors (Lipinski definition) is 2. The van der Waals surface area contributed by atoms with Crippen LogP contribution in [0.3, 0.4) is 0 Å². The summed E-state index contributed by atoms with van der Waals surface area (Å²) < 4.78 is 106. The molecule has 1 atom stereocenters. The third-order valence-corrected chi connectivity index (χ3v) is 6.12. The molecule has 0 aliphatic heterocycles. The summed E-state index contributed by atoms with van der Waals surface area (Å²) in [7, 11) is -0.617. The number of hydrogen-bond acceptors (Lipinski definition) is 7. The van der Waals surface area contributed by atoms with Crippen molar-refractivity contribution in [3.8, 4) is 11.5 Å². The average molecular weight is 526 g/mol. The van der Waals surface area contributed by atoms with E-state index >= 15 is 0 Å². The molecule has 0 amide bonds. The SMILES string of the molecule is COC(=C(OC)c1ccccc1OC)c1cc(OC)c(NS(=O)(=O)C(F)(F)F)cc1CS(=O)O. The highest BCUT2D eigenvalue weighted by molar-refractivity contribution is 7.93. The van der Waals surface area contributed by atoms with E-state index in [9.17, 15) is 30.4 Å². The van der Waals surface area contributed by atoms with Crippen molar-refractivity contribution in [1.82, 2.24) is 0 Å². The molecule has 0 saturated carbocycles. The predicted octanol–water partition coefficient (Wildman–Crippen LogP) is 3.81. The lowest BCUT2D eigenvalue weighted by molar-refractivity contribution is -0.0429. The fourth-order valence-electron chi connectivity index (χ4n) is 3.02. The maximum atomic E-state index is 12.9. The molecule has 2 N–H and O–H groups in total. The molecule has 2 aromatic rings. The molecule has 0 aliphatic rings. The highest BCUT2D eigenvalue weighted by Crippen LogP contribution is 2.39. The summed E-state index contributed by atoms with van der Waals surface area (Å²) in [6, 6.07) is 8.85. The molecule has 0 aromatic heterocycles. The first-order chi connectivity index (χ1) is 15.9. The number of sulfonamides is 1. The summed E-state index contributed by atoms with van der Waals surface area (Å²) in [6.07, 6.45) is 0. The quantitative estimate of drug-likeness (QED) is 0.273. The van der Waals surface area contributed by atoms with Crippen LogP contribution in [0, 0.1) is 0 Å². The number of nitrogens with one attached hydrogen (secondary N) is 1. The minimum atomic E-state index is -5.79. The van der Waals surface area contributed by atoms with Gasteiger partial charge in [-0.1, -0.05) is 12.1 Å². The molecule has 0 heterocycles. The molecule has 0 aliphatic carbocycles. The van der Waals surface area contributed by atoms with Gasteiger partial charge < -0.3 is 23.5 Å². The minimum absolute atomic E-state index is 0.0241. The van der Waals surface area contributed by atoms with Gasteiger partial charge in [-0.15, -0.1) is 0 Å². The Bertz CT molecular complexity index is 1200. The van der Waals surface area contributed by atoms with Crippen LogP contribution in [0.25, 0.3) is 11.5 Å². The fourth-order valence-corrected chi connectivity index (χ4v) is 4.09. The highest BCUT2D eigenvalue weighted by Gasteiger charge is 2.46. The second kappa shape index (κ2) is 11.0. The summed E-state index contributed by atoms with van der Waals surface area (Å²) in [5, 5.41) is 0. The summed E-state index contributed by atoms with van der Waals surface area (Å²) in [4.78, 5) is 0. The van der Waals surface area contributed by atoms with Crippen LogP contribution in [-0.4, -0.2) is 51.1 Å². The third-order valence-electron chi connectivity index (χ3n) is 4.46. The molecule has 0 fully saturated rings. The monoisotopic (exact) mass is 525 g/mol. The van der Waals surface area contributed by atoms with Gasteiger partial charge in [0.15, 0.2) is 22.6 Å². The Morgan fingerprint density at radius 3 is 2.03 bits per heavy atom. The lowest BCUT2D eigenvalue weighted by Gasteiger charge is -2.20. The Morgan fingerprint density at radius 2 is 1.53 bits per heavy atom. The molecule has 9 nitrogen and oxygen atoms in total. The van der Waals surface area contributed by atoms with Gasteiger partial charge >= 0.3 is 15.5 Å². The van der Waals surface area contributed by atoms with E-state index in [1.165, 1.54) is 32.1 Å². The standard InChI is InChI=1S/C20H22F3NO8S2/c1-29-16-8-6-5-7-13(16)18(31-3)19(32-4)14-10-17(30-2)15(9-12(14)11-33(25)26)24-34(27,28)20(21,22)23/h5-10,24H,11H2,1-4H3,(H,25,26). The van der Waals surface area contributed by atoms with Crippen molar-refractivity contribution in [1.29, 1.82) is 0 Å². The summed E-state index contributed by atoms with van der Waals surface area (Å²) >= 11 is -2.45. The van der Waals surface area contributed by atoms with Gasteiger partial charge in [0.05, 0.1) is 45.4 Å². The first-order valence-electron chi connectivity index (χ1n) is 9.23. The molecule has 0 saturated heterocycles. The van der Waals surface area contributed by atoms with Crippen LogP contribution in [0.2, 0.25) is 0 Å². The largest absolute Gasteiger partial charge is 0.516 e. The smallest absolute Gasteiger partial charge is 0.496 e. The maximum Gasteiger partial charge on any atom is 0.516 e. The van der Waals surface area contributed by atoms with Crippen molar-refractivity contribution >= 4 is 38.3 Å². The van der Waals surface area contributed by atoms with Crippen molar-refractivity contribution in [2.75, 3.05) is 33.2 Å². The molecular weight excluding hydrogens is 503 g/mol. The molecule has 188 valence electrons. The molecular formula is C20H22F3NO8S2. The van der Waals surface area contributed by atoms with E-state index in [1.807, 2.05) is 0 Å². The van der Waals surface area contributed by atoms with Gasteiger partial charge in [-0.3, -0.25) is 4.72 Å². The Balaban J connectivity index is 2.85. The average Bonchev–Trinajstić information content (AvgIpc) is 2.76. The third kappa shape index (κ3) is 5.93. The molecule has 0 radical (unpaired) electrons. The molecule has 0 spiro atoms. The van der Waals surface area contributed by atoms with Crippen LogP contribution in [0.15, 0.2) is 36.4 Å². The van der Waals surface area contributed by atoms with Crippen molar-refractivity contribution in [2.24, 2.45) is 0 Å². The number of methoxy groups -OCH3 is 4. The van der Waals surface area contributed by atoms with Gasteiger partial charge in [-0.2, -0.15) is 21.6 Å². The van der Waals surface area contributed by atoms with E-state index in [1.54, 1.807) is 24.3 Å². The molecule has 14 heteroatoms. The van der Waals surface area contributed by atoms with E-state index < -0.39 is 38.1 Å². The van der Waals surface area contributed by atoms with Crippen LogP contribution >= 0.6 is 0 Å². The van der Waals surface area contributed by atoms with Crippen LogP contribution in [0.5, 0.6) is 11.5 Å². The Hall–Kier alpha value is -2.97. The topological polar surface area (TPSA) is 120 Å². The molecule has 1 unspecified atom stereocenters. The van der Waals surface area contributed by atoms with E-state index in [0.717, 1.165) is 13.2 Å². The number of anilines is 1. The van der Waals surface area contributed by atoms with Crippen molar-refractivity contribution in [2.45, 2.75) is 11.3 Å². The highest BCUT2D eigenvalue weighted by atomic mass is 32.2. The van der Waals surface area contributed by atoms with Crippen molar-refractivity contribution in [3.63, 3.8) is 0 Å². The predicted molar refractivity (Wildman–Crippen MR) is 120 cm³/mol. The Labute approximate surface area is 196 Å². The van der Waals surface area contributed by atoms with Gasteiger partial charge in [0.2, 0.25) is 0 Å². The summed E-state index contributed by atoms with van der Waals surface area (Å²) in [5.74, 6) is -0.315. The maximum absolute atomic E-state index is 12.9. The van der Waals surface area contributed by atoms with E-state index in [2.05, 4.69) is 0 Å². The van der Waals surface area contributed by atoms with Crippen LogP contribution in [0.1, 0.15) is 16.7 Å². The van der Waals surface area contributed by atoms with Crippen LogP contribution in [0.4, 0.5) is 18.9 Å². The zero-order valence-electron chi connectivity index (χ0n) is 18.4. The normalized spacial score (nSPS) is 13.5. The molecule has 0 bridgehead atoms. The lowest BCUT2D eigenvalue weighted by atomic mass is 10.0. The Kier molecular flexibility index (Phi) is 8.80. The first-order valence-corrected chi connectivity index (χ1v) is 12.0. The van der Waals surface area contributed by atoms with E-state index in [0.29, 0.717) is 11.3 Å². The van der Waals surface area contributed by atoms with E-state index in [-0.39, 0.29) is 28.4 Å². The van der Waals surface area contributed by atoms with Gasteiger partial charge in [0.1, 0.15) is 11.5 Å². The molecule has 2 aromatic carbocycles. The molecule has 34 heavy (non-hydrogen) atoms. The minimum Gasteiger partial charge on any atom is -0.496 e. The number of halogens is 3. The fraction of sp³-hybridized carbons (Fsp3) is 0.300. The number of ether oxygens (including phenoxy) is 4. The first kappa shape index (κ1) is 27.3. The van der Waals surface area contributed by atoms with E-state index in [4.69, 9.17) is 18.9 Å². The lowest BCUT2D eigenvalue weighted by Crippen LogP contribution is -2.30. The van der Waals surface area contributed by atoms with Gasteiger partial charge in [0, 0.05) is 5.56 Å². The second-order valence-corrected chi connectivity index (χ2v) is 9.10. The molecule has 2 rings (SSSR count). The zero-order valence-corrected chi connectivity index (χ0v) is 20.1. The number of para-hydroxylation sites is 1. The van der Waals surface area contributed by atoms with Gasteiger partial charge in [0.25, 0.3) is 0 Å². The second-order valence-electron chi connectivity index (χ2n) is 6.49. The van der Waals surface area contributed by atoms with Crippen molar-refractivity contribution < 1.29 is 49.3 Å². The van der Waals surface area contributed by atoms with Crippen LogP contribution < -0.4 is 14.2 Å². The number of benzene rings is 2. The Morgan fingerprint density at radius 1 is 0.971 bits per heavy atom. The number of alkyl halides is 3. The summed E-state index contributed by atoms with van der Waals surface area (Å²) in [5.41, 5.74) is -5.65. The van der Waals surface area contributed by atoms with Gasteiger partial charge in [-0.05, 0) is 29.8 Å². The number of rotatable bonds is 10. The van der Waals surface area contributed by atoms with Crippen LogP contribution in [-0.2, 0) is 36.3 Å². The van der Waals surface area contributed by atoms with Crippen molar-refractivity contribution in [3.05, 3.63) is 53.1 Å².